The number of nitrogens with two attached hydrogens (primary N) is 1. The lowest BCUT2D eigenvalue weighted by Gasteiger charge is -2.26. The van der Waals surface area contributed by atoms with Crippen molar-refractivity contribution >= 4 is 48.1 Å². The topological polar surface area (TPSA) is 144 Å². The Morgan fingerprint density at radius 2 is 2.06 bits per heavy atom. The van der Waals surface area contributed by atoms with Gasteiger partial charge in [0.25, 0.3) is 5.56 Å². The molecule has 0 spiro atoms. The number of nitrogens with zero attached hydrogens (tertiary/aromatic N) is 3. The van der Waals surface area contributed by atoms with Crippen molar-refractivity contribution < 1.29 is 19.1 Å². The minimum absolute atomic E-state index is 0. The lowest BCUT2D eigenvalue weighted by molar-refractivity contribution is -0.128. The highest BCUT2D eigenvalue weighted by Crippen LogP contribution is 2.29. The molecule has 196 valence electrons. The van der Waals surface area contributed by atoms with E-state index in [2.05, 4.69) is 21.9 Å². The number of amidine groups is 1. The second-order valence-electron chi connectivity index (χ2n) is 7.79. The fraction of sp³-hybridized carbons (Fsp3) is 0.304. The van der Waals surface area contributed by atoms with Gasteiger partial charge in [0.05, 0.1) is 25.3 Å². The van der Waals surface area contributed by atoms with E-state index >= 15 is 0 Å². The van der Waals surface area contributed by atoms with Gasteiger partial charge in [-0.05, 0) is 49.1 Å². The van der Waals surface area contributed by atoms with E-state index in [1.165, 1.54) is 30.0 Å². The number of aromatic nitrogens is 2. The van der Waals surface area contributed by atoms with Crippen LogP contribution in [0.3, 0.4) is 0 Å². The summed E-state index contributed by atoms with van der Waals surface area (Å²) in [6.07, 6.45) is 1.67. The van der Waals surface area contributed by atoms with Gasteiger partial charge in [-0.3, -0.25) is 24.4 Å². The molecule has 1 amide bonds. The van der Waals surface area contributed by atoms with Gasteiger partial charge in [-0.2, -0.15) is 0 Å². The molecule has 0 radical (unpaired) electrons. The minimum Gasteiger partial charge on any atom is -0.494 e. The molecule has 13 heteroatoms. The molecule has 1 aliphatic rings. The van der Waals surface area contributed by atoms with Crippen LogP contribution in [0.15, 0.2) is 51.9 Å². The highest BCUT2D eigenvalue weighted by molar-refractivity contribution is 6.19. The monoisotopic (exact) mass is 542 g/mol. The number of aliphatic imine (C=N–C) groups is 1. The molecular formula is C23H29Cl2FN6O4. The number of ether oxygens (including phenoxy) is 1. The van der Waals surface area contributed by atoms with E-state index in [1.807, 2.05) is 0 Å². The second kappa shape index (κ2) is 13.1. The number of nitrogens with one attached hydrogen (secondary N) is 2. The largest absolute Gasteiger partial charge is 0.494 e. The van der Waals surface area contributed by atoms with Crippen LogP contribution in [0.2, 0.25) is 0 Å². The van der Waals surface area contributed by atoms with Crippen molar-refractivity contribution in [3.63, 3.8) is 0 Å². The number of amides is 1. The van der Waals surface area contributed by atoms with E-state index in [0.29, 0.717) is 35.4 Å². The van der Waals surface area contributed by atoms with Gasteiger partial charge in [-0.25, -0.2) is 14.9 Å². The Balaban J connectivity index is 0.00000324. The zero-order chi connectivity index (χ0) is 25.0. The van der Waals surface area contributed by atoms with E-state index in [0.717, 1.165) is 0 Å². The first-order valence-electron chi connectivity index (χ1n) is 10.5. The van der Waals surface area contributed by atoms with Gasteiger partial charge in [0, 0.05) is 18.4 Å². The Kier molecular flexibility index (Phi) is 11.1. The van der Waals surface area contributed by atoms with Gasteiger partial charge in [0.15, 0.2) is 17.4 Å². The summed E-state index contributed by atoms with van der Waals surface area (Å²) in [6.45, 7) is 7.73. The molecule has 2 heterocycles. The van der Waals surface area contributed by atoms with Crippen LogP contribution in [0.4, 0.5) is 10.2 Å². The number of carbonyl (C=O) groups is 1. The first-order valence-corrected chi connectivity index (χ1v) is 10.5. The van der Waals surface area contributed by atoms with Crippen LogP contribution in [0, 0.1) is 12.7 Å². The van der Waals surface area contributed by atoms with E-state index in [-0.39, 0.29) is 54.3 Å². The Labute approximate surface area is 219 Å². The molecule has 0 fully saturated rings. The van der Waals surface area contributed by atoms with Gasteiger partial charge in [0.1, 0.15) is 5.84 Å². The predicted molar refractivity (Wildman–Crippen MR) is 141 cm³/mol. The van der Waals surface area contributed by atoms with E-state index in [1.54, 1.807) is 25.4 Å². The summed E-state index contributed by atoms with van der Waals surface area (Å²) in [6, 6.07) is 4.25. The molecule has 0 saturated carbocycles. The molecule has 1 atom stereocenters. The molecule has 2 aromatic rings. The van der Waals surface area contributed by atoms with Gasteiger partial charge >= 0.3 is 0 Å². The summed E-state index contributed by atoms with van der Waals surface area (Å²) in [4.78, 5) is 33.8. The van der Waals surface area contributed by atoms with Crippen molar-refractivity contribution in [1.82, 2.24) is 15.0 Å². The Bertz CT molecular complexity index is 1260. The number of rotatable bonds is 8. The number of hydroxylamine groups is 1. The highest BCUT2D eigenvalue weighted by atomic mass is 35.5. The third-order valence-electron chi connectivity index (χ3n) is 5.50. The second-order valence-corrected chi connectivity index (χ2v) is 7.79. The van der Waals surface area contributed by atoms with Crippen molar-refractivity contribution in [2.24, 2.45) is 10.7 Å². The van der Waals surface area contributed by atoms with Crippen LogP contribution in [-0.4, -0.2) is 46.2 Å². The summed E-state index contributed by atoms with van der Waals surface area (Å²) in [5.74, 6) is -0.878. The lowest BCUT2D eigenvalue weighted by atomic mass is 9.93. The molecule has 10 nitrogen and oxygen atoms in total. The number of halogens is 3. The van der Waals surface area contributed by atoms with Crippen LogP contribution in [0.1, 0.15) is 24.6 Å². The van der Waals surface area contributed by atoms with Gasteiger partial charge in [0.2, 0.25) is 5.91 Å². The summed E-state index contributed by atoms with van der Waals surface area (Å²) in [7, 11) is 1.39. The van der Waals surface area contributed by atoms with E-state index in [9.17, 15) is 14.0 Å². The van der Waals surface area contributed by atoms with Crippen LogP contribution < -0.4 is 26.8 Å². The van der Waals surface area contributed by atoms with Crippen LogP contribution in [0.25, 0.3) is 5.70 Å². The van der Waals surface area contributed by atoms with Crippen molar-refractivity contribution in [2.75, 3.05) is 19.0 Å². The minimum atomic E-state index is -0.680. The molecule has 5 N–H and O–H groups in total. The first-order chi connectivity index (χ1) is 16.2. The number of dihydropyridines is 1. The molecule has 0 saturated heterocycles. The van der Waals surface area contributed by atoms with Crippen LogP contribution >= 0.6 is 24.8 Å². The maximum Gasteiger partial charge on any atom is 0.298 e. The maximum atomic E-state index is 13.9. The maximum absolute atomic E-state index is 13.9. The Morgan fingerprint density at radius 1 is 1.36 bits per heavy atom. The standard InChI is InChI=1S/C23H27FN6O4.2ClH/c1-12-11-27-22(26-8-7-15-5-6-18(34-4)17(24)9-15)23(32)30(12)20-16(10-19(31)29-33)13(2)14(3)28-21(20)25;;/h5-6,9,11,14,33H,2,7-8,10H2,1,3-4H3,(H2,25,28)(H,26,27)(H,29,31);2*1H. The fourth-order valence-corrected chi connectivity index (χ4v) is 3.68. The molecule has 1 unspecified atom stereocenters. The van der Waals surface area contributed by atoms with Crippen molar-refractivity contribution in [1.29, 1.82) is 0 Å². The van der Waals surface area contributed by atoms with Crippen molar-refractivity contribution in [3.05, 3.63) is 69.5 Å². The summed E-state index contributed by atoms with van der Waals surface area (Å²) in [5.41, 5.74) is 9.57. The van der Waals surface area contributed by atoms with Crippen molar-refractivity contribution in [2.45, 2.75) is 32.7 Å². The SMILES string of the molecule is C=C1C(CC(=O)NO)=C(n2c(C)cnc(NCCc3ccc(OC)c(F)c3)c2=O)C(N)=NC1C.Cl.Cl. The molecule has 36 heavy (non-hydrogen) atoms. The zero-order valence-electron chi connectivity index (χ0n) is 20.0. The zero-order valence-corrected chi connectivity index (χ0v) is 21.6. The highest BCUT2D eigenvalue weighted by Gasteiger charge is 2.28. The number of methoxy groups -OCH3 is 1. The average molecular weight is 543 g/mol. The molecular weight excluding hydrogens is 514 g/mol. The third kappa shape index (κ3) is 6.42. The normalized spacial score (nSPS) is 14.9. The lowest BCUT2D eigenvalue weighted by Crippen LogP contribution is -2.36. The Hall–Kier alpha value is -3.41. The molecule has 1 aliphatic heterocycles. The number of hydrogen-bond acceptors (Lipinski definition) is 8. The molecule has 0 aliphatic carbocycles. The fourth-order valence-electron chi connectivity index (χ4n) is 3.68. The summed E-state index contributed by atoms with van der Waals surface area (Å²) < 4.78 is 20.2. The predicted octanol–water partition coefficient (Wildman–Crippen LogP) is 2.62. The third-order valence-corrected chi connectivity index (χ3v) is 5.50. The number of anilines is 1. The Morgan fingerprint density at radius 3 is 2.67 bits per heavy atom. The van der Waals surface area contributed by atoms with Gasteiger partial charge in [-0.1, -0.05) is 12.6 Å². The quantitative estimate of drug-likeness (QED) is 0.296. The van der Waals surface area contributed by atoms with Gasteiger partial charge < -0.3 is 15.8 Å². The smallest absolute Gasteiger partial charge is 0.298 e. The van der Waals surface area contributed by atoms with Crippen LogP contribution in [0.5, 0.6) is 5.75 Å². The summed E-state index contributed by atoms with van der Waals surface area (Å²) >= 11 is 0. The first kappa shape index (κ1) is 30.6. The number of carbonyl (C=O) groups excluding carboxylic acids is 1. The van der Waals surface area contributed by atoms with Crippen LogP contribution in [-0.2, 0) is 11.2 Å². The number of benzene rings is 1. The van der Waals surface area contributed by atoms with Crippen molar-refractivity contribution in [3.8, 4) is 5.75 Å². The molecule has 3 rings (SSSR count). The van der Waals surface area contributed by atoms with E-state index in [4.69, 9.17) is 15.7 Å². The molecule has 1 aromatic carbocycles. The molecule has 1 aromatic heterocycles. The average Bonchev–Trinajstić information content (AvgIpc) is 2.80. The number of aryl methyl sites for hydroxylation is 1. The van der Waals surface area contributed by atoms with Gasteiger partial charge in [-0.15, -0.1) is 24.8 Å². The molecule has 0 bridgehead atoms. The van der Waals surface area contributed by atoms with E-state index < -0.39 is 23.3 Å². The summed E-state index contributed by atoms with van der Waals surface area (Å²) in [5, 5.41) is 12.0. The number of hydrogen-bond donors (Lipinski definition) is 4.